The van der Waals surface area contributed by atoms with E-state index >= 15 is 0 Å². The average Bonchev–Trinajstić information content (AvgIpc) is 3.27. The van der Waals surface area contributed by atoms with Crippen molar-refractivity contribution in [2.24, 2.45) is 0 Å². The maximum atomic E-state index is 12.3. The fourth-order valence-corrected chi connectivity index (χ4v) is 2.75. The Morgan fingerprint density at radius 2 is 1.80 bits per heavy atom. The van der Waals surface area contributed by atoms with Crippen LogP contribution in [-0.4, -0.2) is 23.2 Å². The fourth-order valence-electron chi connectivity index (χ4n) is 2.75. The molecule has 0 aliphatic rings. The molecule has 0 unspecified atom stereocenters. The van der Waals surface area contributed by atoms with E-state index in [2.05, 4.69) is 10.1 Å². The number of nitrogens with zero attached hydrogens (tertiary/aromatic N) is 2. The van der Waals surface area contributed by atoms with Crippen LogP contribution in [0.25, 0.3) is 11.3 Å². The van der Waals surface area contributed by atoms with Crippen molar-refractivity contribution in [2.45, 2.75) is 6.61 Å². The molecule has 4 rings (SSSR count). The Balaban J connectivity index is 1.36. The van der Waals surface area contributed by atoms with Gasteiger partial charge in [-0.2, -0.15) is 0 Å². The molecule has 0 spiro atoms. The number of hydrogen-bond donors (Lipinski definition) is 0. The molecule has 0 bridgehead atoms. The van der Waals surface area contributed by atoms with E-state index in [-0.39, 0.29) is 6.61 Å². The smallest absolute Gasteiger partial charge is 0.340 e. The van der Waals surface area contributed by atoms with Crippen LogP contribution in [0, 0.1) is 0 Å². The van der Waals surface area contributed by atoms with E-state index in [9.17, 15) is 4.79 Å². The number of hydrogen-bond acceptors (Lipinski definition) is 7. The number of carbonyl (C=O) groups excluding carboxylic acids is 1. The third-order valence-electron chi connectivity index (χ3n) is 4.23. The first-order valence-corrected chi connectivity index (χ1v) is 9.18. The maximum absolute atomic E-state index is 12.3. The van der Waals surface area contributed by atoms with Crippen LogP contribution in [0.1, 0.15) is 16.1 Å². The first-order chi connectivity index (χ1) is 14.7. The Bertz CT molecular complexity index is 1120. The Kier molecular flexibility index (Phi) is 5.70. The van der Waals surface area contributed by atoms with Crippen LogP contribution >= 0.6 is 0 Å². The minimum Gasteiger partial charge on any atom is -0.496 e. The summed E-state index contributed by atoms with van der Waals surface area (Å²) in [6, 6.07) is 21.6. The standard InChI is InChI=1S/C23H18N2O5/c1-27-21-10-6-5-9-19(21)20-13-18(30-25-20)15-28-23(26)16-11-12-22(24-14-16)29-17-7-3-2-4-8-17/h2-14H,15H2,1H3. The van der Waals surface area contributed by atoms with Crippen molar-refractivity contribution >= 4 is 5.97 Å². The number of aromatic nitrogens is 2. The van der Waals surface area contributed by atoms with Crippen molar-refractivity contribution < 1.29 is 23.5 Å². The van der Waals surface area contributed by atoms with Crippen molar-refractivity contribution in [3.05, 3.63) is 90.3 Å². The fraction of sp³-hybridized carbons (Fsp3) is 0.0870. The molecule has 0 N–H and O–H groups in total. The predicted molar refractivity (Wildman–Crippen MR) is 108 cm³/mol. The summed E-state index contributed by atoms with van der Waals surface area (Å²) in [5, 5.41) is 4.02. The van der Waals surface area contributed by atoms with Gasteiger partial charge >= 0.3 is 5.97 Å². The van der Waals surface area contributed by atoms with Crippen molar-refractivity contribution in [3.8, 4) is 28.6 Å². The summed E-state index contributed by atoms with van der Waals surface area (Å²) in [5.41, 5.74) is 1.70. The molecule has 2 aromatic heterocycles. The highest BCUT2D eigenvalue weighted by Crippen LogP contribution is 2.29. The topological polar surface area (TPSA) is 83.7 Å². The largest absolute Gasteiger partial charge is 0.496 e. The van der Waals surface area contributed by atoms with E-state index in [1.165, 1.54) is 6.20 Å². The number of esters is 1. The minimum atomic E-state index is -0.524. The molecule has 7 heteroatoms. The summed E-state index contributed by atoms with van der Waals surface area (Å²) in [6.45, 7) is -0.0523. The van der Waals surface area contributed by atoms with Crippen molar-refractivity contribution in [1.82, 2.24) is 10.1 Å². The molecule has 0 aliphatic heterocycles. The van der Waals surface area contributed by atoms with Crippen molar-refractivity contribution in [3.63, 3.8) is 0 Å². The minimum absolute atomic E-state index is 0.0523. The zero-order valence-corrected chi connectivity index (χ0v) is 16.1. The van der Waals surface area contributed by atoms with Gasteiger partial charge in [-0.05, 0) is 30.3 Å². The monoisotopic (exact) mass is 402 g/mol. The van der Waals surface area contributed by atoms with E-state index < -0.39 is 5.97 Å². The van der Waals surface area contributed by atoms with Gasteiger partial charge < -0.3 is 18.7 Å². The molecule has 0 saturated carbocycles. The van der Waals surface area contributed by atoms with E-state index in [0.717, 1.165) is 5.56 Å². The molecule has 4 aromatic rings. The summed E-state index contributed by atoms with van der Waals surface area (Å²) in [7, 11) is 1.59. The van der Waals surface area contributed by atoms with Crippen LogP contribution in [-0.2, 0) is 11.3 Å². The van der Waals surface area contributed by atoms with E-state index in [1.54, 1.807) is 25.3 Å². The van der Waals surface area contributed by atoms with Gasteiger partial charge in [-0.3, -0.25) is 0 Å². The number of carbonyl (C=O) groups is 1. The third kappa shape index (κ3) is 4.47. The first-order valence-electron chi connectivity index (χ1n) is 9.18. The number of methoxy groups -OCH3 is 1. The molecule has 0 aliphatic carbocycles. The van der Waals surface area contributed by atoms with Crippen molar-refractivity contribution in [1.29, 1.82) is 0 Å². The van der Waals surface area contributed by atoms with Gasteiger partial charge in [0.05, 0.1) is 12.7 Å². The van der Waals surface area contributed by atoms with Gasteiger partial charge in [0.25, 0.3) is 0 Å². The molecule has 0 saturated heterocycles. The van der Waals surface area contributed by atoms with Crippen LogP contribution in [0.3, 0.4) is 0 Å². The molecule has 2 aromatic carbocycles. The molecule has 0 amide bonds. The normalized spacial score (nSPS) is 10.4. The summed E-state index contributed by atoms with van der Waals surface area (Å²) < 4.78 is 21.5. The summed E-state index contributed by atoms with van der Waals surface area (Å²) in [6.07, 6.45) is 1.40. The van der Waals surface area contributed by atoms with Gasteiger partial charge in [-0.1, -0.05) is 35.5 Å². The second kappa shape index (κ2) is 8.91. The highest BCUT2D eigenvalue weighted by Gasteiger charge is 2.14. The summed E-state index contributed by atoms with van der Waals surface area (Å²) >= 11 is 0. The van der Waals surface area contributed by atoms with Crippen LogP contribution in [0.2, 0.25) is 0 Å². The Hall–Kier alpha value is -4.13. The predicted octanol–water partition coefficient (Wildman–Crippen LogP) is 4.89. The number of ether oxygens (including phenoxy) is 3. The van der Waals surface area contributed by atoms with E-state index in [0.29, 0.717) is 34.4 Å². The van der Waals surface area contributed by atoms with E-state index in [4.69, 9.17) is 18.7 Å². The molecule has 0 fully saturated rings. The molecule has 0 atom stereocenters. The maximum Gasteiger partial charge on any atom is 0.340 e. The number of benzene rings is 2. The highest BCUT2D eigenvalue weighted by atomic mass is 16.5. The van der Waals surface area contributed by atoms with Crippen LogP contribution in [0.5, 0.6) is 17.4 Å². The second-order valence-corrected chi connectivity index (χ2v) is 6.26. The lowest BCUT2D eigenvalue weighted by Gasteiger charge is -2.05. The Morgan fingerprint density at radius 3 is 2.57 bits per heavy atom. The lowest BCUT2D eigenvalue weighted by Crippen LogP contribution is -2.05. The van der Waals surface area contributed by atoms with Gasteiger partial charge in [0.15, 0.2) is 12.4 Å². The summed E-state index contributed by atoms with van der Waals surface area (Å²) in [5.74, 6) is 1.62. The third-order valence-corrected chi connectivity index (χ3v) is 4.23. The molecular formula is C23H18N2O5. The Morgan fingerprint density at radius 1 is 1.00 bits per heavy atom. The lowest BCUT2D eigenvalue weighted by molar-refractivity contribution is 0.0437. The van der Waals surface area contributed by atoms with Crippen molar-refractivity contribution in [2.75, 3.05) is 7.11 Å². The van der Waals surface area contributed by atoms with Gasteiger partial charge in [0, 0.05) is 23.9 Å². The molecule has 0 radical (unpaired) electrons. The number of rotatable bonds is 7. The summed E-state index contributed by atoms with van der Waals surface area (Å²) in [4.78, 5) is 16.4. The molecular weight excluding hydrogens is 384 g/mol. The van der Waals surface area contributed by atoms with Gasteiger partial charge in [0.2, 0.25) is 5.88 Å². The average molecular weight is 402 g/mol. The van der Waals surface area contributed by atoms with Crippen LogP contribution in [0.4, 0.5) is 0 Å². The van der Waals surface area contributed by atoms with Gasteiger partial charge in [-0.25, -0.2) is 9.78 Å². The first kappa shape index (κ1) is 19.2. The number of para-hydroxylation sites is 2. The quantitative estimate of drug-likeness (QED) is 0.407. The zero-order valence-electron chi connectivity index (χ0n) is 16.1. The van der Waals surface area contributed by atoms with Gasteiger partial charge in [-0.15, -0.1) is 0 Å². The molecule has 150 valence electrons. The second-order valence-electron chi connectivity index (χ2n) is 6.26. The number of pyridine rings is 1. The molecule has 7 nitrogen and oxygen atoms in total. The zero-order chi connectivity index (χ0) is 20.8. The van der Waals surface area contributed by atoms with Gasteiger partial charge in [0.1, 0.15) is 17.2 Å². The Labute approximate surface area is 172 Å². The molecule has 2 heterocycles. The lowest BCUT2D eigenvalue weighted by atomic mass is 10.1. The van der Waals surface area contributed by atoms with E-state index in [1.807, 2.05) is 54.6 Å². The highest BCUT2D eigenvalue weighted by molar-refractivity contribution is 5.89. The molecule has 30 heavy (non-hydrogen) atoms. The van der Waals surface area contributed by atoms with Crippen LogP contribution < -0.4 is 9.47 Å². The SMILES string of the molecule is COc1ccccc1-c1cc(COC(=O)c2ccc(Oc3ccccc3)nc2)on1. The van der Waals surface area contributed by atoms with Crippen LogP contribution in [0.15, 0.2) is 83.5 Å².